The molecule has 26 heavy (non-hydrogen) atoms. The van der Waals surface area contributed by atoms with Crippen LogP contribution in [0.1, 0.15) is 12.4 Å². The van der Waals surface area contributed by atoms with Crippen LogP contribution >= 0.6 is 27.7 Å². The zero-order chi connectivity index (χ0) is 18.9. The average molecular weight is 447 g/mol. The predicted molar refractivity (Wildman–Crippen MR) is 100 cm³/mol. The summed E-state index contributed by atoms with van der Waals surface area (Å²) >= 11 is 4.49. The number of nitrogens with one attached hydrogen (secondary N) is 2. The molecule has 0 bridgehead atoms. The number of halogens is 3. The van der Waals surface area contributed by atoms with E-state index in [0.29, 0.717) is 5.69 Å². The number of hydrogen-bond donors (Lipinski definition) is 2. The van der Waals surface area contributed by atoms with Crippen molar-refractivity contribution in [2.75, 3.05) is 23.4 Å². The third kappa shape index (κ3) is 6.75. The number of carbonyl (C=O) groups excluding carboxylic acids is 2. The summed E-state index contributed by atoms with van der Waals surface area (Å²) in [5.41, 5.74) is 0.670. The highest BCUT2D eigenvalue weighted by Gasteiger charge is 2.11. The number of amides is 2. The van der Waals surface area contributed by atoms with Gasteiger partial charge in [-0.1, -0.05) is 22.0 Å². The van der Waals surface area contributed by atoms with Crippen molar-refractivity contribution < 1.29 is 18.4 Å². The number of rotatable bonds is 9. The summed E-state index contributed by atoms with van der Waals surface area (Å²) in [5, 5.41) is 5.35. The molecular weight excluding hydrogens is 430 g/mol. The number of nitrogens with zero attached hydrogens (tertiary/aromatic N) is 2. The fraction of sp³-hybridized carbons (Fsp3) is 0.312. The van der Waals surface area contributed by atoms with E-state index in [-0.39, 0.29) is 42.1 Å². The third-order valence-corrected chi connectivity index (χ3v) is 4.63. The van der Waals surface area contributed by atoms with Gasteiger partial charge in [0.15, 0.2) is 0 Å². The summed E-state index contributed by atoms with van der Waals surface area (Å²) < 4.78 is 26.9. The molecular formula is C16H17BrF2N4O2S. The second kappa shape index (κ2) is 10.3. The van der Waals surface area contributed by atoms with Crippen LogP contribution in [-0.2, 0) is 16.0 Å². The van der Waals surface area contributed by atoms with E-state index in [9.17, 15) is 18.4 Å². The lowest BCUT2D eigenvalue weighted by Crippen LogP contribution is -2.28. The summed E-state index contributed by atoms with van der Waals surface area (Å²) in [4.78, 5) is 27.4. The fourth-order valence-electron chi connectivity index (χ4n) is 2.08. The summed E-state index contributed by atoms with van der Waals surface area (Å²) in [6.45, 7) is -2.45. The van der Waals surface area contributed by atoms with Crippen LogP contribution in [0.3, 0.4) is 0 Å². The lowest BCUT2D eigenvalue weighted by atomic mass is 10.3. The van der Waals surface area contributed by atoms with Crippen molar-refractivity contribution in [2.45, 2.75) is 13.0 Å². The van der Waals surface area contributed by atoms with Gasteiger partial charge in [-0.2, -0.15) is 8.78 Å². The van der Waals surface area contributed by atoms with Gasteiger partial charge in [-0.15, -0.1) is 11.8 Å². The Morgan fingerprint density at radius 3 is 2.77 bits per heavy atom. The van der Waals surface area contributed by atoms with Gasteiger partial charge in [0.2, 0.25) is 11.8 Å². The quantitative estimate of drug-likeness (QED) is 0.620. The van der Waals surface area contributed by atoms with Gasteiger partial charge >= 0.3 is 6.55 Å². The van der Waals surface area contributed by atoms with Crippen molar-refractivity contribution in [3.63, 3.8) is 0 Å². The lowest BCUT2D eigenvalue weighted by Gasteiger charge is -2.08. The van der Waals surface area contributed by atoms with Gasteiger partial charge in [0, 0.05) is 35.5 Å². The molecule has 0 aliphatic rings. The monoisotopic (exact) mass is 446 g/mol. The Morgan fingerprint density at radius 2 is 2.04 bits per heavy atom. The first-order valence-electron chi connectivity index (χ1n) is 7.65. The summed E-state index contributed by atoms with van der Waals surface area (Å²) in [6.07, 6.45) is 2.70. The SMILES string of the molecule is O=C(CSCC(=O)Nc1cccc(Br)c1)NCCc1nccn1C(F)F. The van der Waals surface area contributed by atoms with Crippen molar-refractivity contribution in [3.05, 3.63) is 47.0 Å². The summed E-state index contributed by atoms with van der Waals surface area (Å²) in [5.74, 6) is -0.0214. The Kier molecular flexibility index (Phi) is 8.05. The highest BCUT2D eigenvalue weighted by Crippen LogP contribution is 2.16. The molecule has 0 aliphatic carbocycles. The van der Waals surface area contributed by atoms with Crippen LogP contribution < -0.4 is 10.6 Å². The topological polar surface area (TPSA) is 76.0 Å². The van der Waals surface area contributed by atoms with E-state index in [2.05, 4.69) is 31.5 Å². The van der Waals surface area contributed by atoms with Gasteiger partial charge in [0.25, 0.3) is 0 Å². The van der Waals surface area contributed by atoms with Crippen LogP contribution in [0.25, 0.3) is 0 Å². The fourth-order valence-corrected chi connectivity index (χ4v) is 3.13. The smallest absolute Gasteiger partial charge is 0.319 e. The van der Waals surface area contributed by atoms with Gasteiger partial charge in [0.1, 0.15) is 5.82 Å². The first-order chi connectivity index (χ1) is 12.5. The standard InChI is InChI=1S/C16H17BrF2N4O2S/c17-11-2-1-3-12(8-11)22-15(25)10-26-9-14(24)21-5-4-13-20-6-7-23(13)16(18)19/h1-3,6-8,16H,4-5,9-10H2,(H,21,24)(H,22,25). The second-order valence-electron chi connectivity index (χ2n) is 5.18. The highest BCUT2D eigenvalue weighted by molar-refractivity contribution is 9.10. The molecule has 0 unspecified atom stereocenters. The molecule has 0 radical (unpaired) electrons. The Labute approximate surface area is 161 Å². The molecule has 1 aromatic carbocycles. The Hall–Kier alpha value is -1.94. The van der Waals surface area contributed by atoms with Crippen molar-refractivity contribution in [1.29, 1.82) is 0 Å². The number of carbonyl (C=O) groups is 2. The molecule has 0 aliphatic heterocycles. The summed E-state index contributed by atoms with van der Waals surface area (Å²) in [6, 6.07) is 7.20. The van der Waals surface area contributed by atoms with Crippen LogP contribution in [0.2, 0.25) is 0 Å². The van der Waals surface area contributed by atoms with E-state index >= 15 is 0 Å². The second-order valence-corrected chi connectivity index (χ2v) is 7.08. The molecule has 2 N–H and O–H groups in total. The van der Waals surface area contributed by atoms with Gasteiger partial charge in [0.05, 0.1) is 11.5 Å². The number of aromatic nitrogens is 2. The van der Waals surface area contributed by atoms with Crippen molar-refractivity contribution in [2.24, 2.45) is 0 Å². The molecule has 1 aromatic heterocycles. The Morgan fingerprint density at radius 1 is 1.27 bits per heavy atom. The number of imidazole rings is 1. The van der Waals surface area contributed by atoms with E-state index in [1.165, 1.54) is 24.2 Å². The largest absolute Gasteiger partial charge is 0.355 e. The molecule has 6 nitrogen and oxygen atoms in total. The molecule has 0 saturated heterocycles. The number of anilines is 1. The van der Waals surface area contributed by atoms with Crippen molar-refractivity contribution in [3.8, 4) is 0 Å². The third-order valence-electron chi connectivity index (χ3n) is 3.20. The van der Waals surface area contributed by atoms with Gasteiger partial charge in [-0.3, -0.25) is 14.2 Å². The molecule has 1 heterocycles. The molecule has 2 amide bonds. The Bertz CT molecular complexity index is 757. The molecule has 0 saturated carbocycles. The van der Waals surface area contributed by atoms with E-state index in [0.717, 1.165) is 9.04 Å². The molecule has 10 heteroatoms. The molecule has 2 aromatic rings. The number of hydrogen-bond acceptors (Lipinski definition) is 4. The molecule has 0 spiro atoms. The van der Waals surface area contributed by atoms with E-state index in [1.54, 1.807) is 18.2 Å². The van der Waals surface area contributed by atoms with Crippen LogP contribution in [0.15, 0.2) is 41.1 Å². The molecule has 0 fully saturated rings. The predicted octanol–water partition coefficient (Wildman–Crippen LogP) is 3.07. The van der Waals surface area contributed by atoms with Crippen LogP contribution in [-0.4, -0.2) is 39.4 Å². The maximum absolute atomic E-state index is 12.7. The number of thioether (sulfide) groups is 1. The van der Waals surface area contributed by atoms with Gasteiger partial charge in [-0.05, 0) is 18.2 Å². The normalized spacial score (nSPS) is 10.8. The highest BCUT2D eigenvalue weighted by atomic mass is 79.9. The first-order valence-corrected chi connectivity index (χ1v) is 9.60. The Balaban J connectivity index is 1.62. The van der Waals surface area contributed by atoms with E-state index < -0.39 is 6.55 Å². The van der Waals surface area contributed by atoms with E-state index in [4.69, 9.17) is 0 Å². The maximum Gasteiger partial charge on any atom is 0.319 e. The minimum absolute atomic E-state index is 0.106. The number of benzene rings is 1. The molecule has 2 rings (SSSR count). The zero-order valence-corrected chi connectivity index (χ0v) is 16.0. The minimum atomic E-state index is -2.65. The minimum Gasteiger partial charge on any atom is -0.355 e. The van der Waals surface area contributed by atoms with Crippen LogP contribution in [0, 0.1) is 0 Å². The molecule has 140 valence electrons. The first kappa shape index (κ1) is 20.4. The zero-order valence-electron chi connectivity index (χ0n) is 13.6. The van der Waals surface area contributed by atoms with Crippen LogP contribution in [0.4, 0.5) is 14.5 Å². The molecule has 0 atom stereocenters. The lowest BCUT2D eigenvalue weighted by molar-refractivity contribution is -0.118. The van der Waals surface area contributed by atoms with Crippen molar-refractivity contribution in [1.82, 2.24) is 14.9 Å². The van der Waals surface area contributed by atoms with Crippen LogP contribution in [0.5, 0.6) is 0 Å². The van der Waals surface area contributed by atoms with Crippen molar-refractivity contribution >= 4 is 45.2 Å². The van der Waals surface area contributed by atoms with E-state index in [1.807, 2.05) is 6.07 Å². The number of alkyl halides is 2. The average Bonchev–Trinajstić information content (AvgIpc) is 3.03. The summed E-state index contributed by atoms with van der Waals surface area (Å²) in [7, 11) is 0. The maximum atomic E-state index is 12.7. The van der Waals surface area contributed by atoms with Gasteiger partial charge in [-0.25, -0.2) is 4.98 Å². The van der Waals surface area contributed by atoms with Gasteiger partial charge < -0.3 is 10.6 Å².